The van der Waals surface area contributed by atoms with Gasteiger partial charge < -0.3 is 59.8 Å². The number of ether oxygens (including phenoxy) is 4. The Morgan fingerprint density at radius 1 is 0.659 bits per heavy atom. The minimum atomic E-state index is -1.81. The average Bonchev–Trinajstić information content (AvgIpc) is 3.02. The molecule has 13 heteroatoms. The molecule has 0 radical (unpaired) electrons. The SMILES string of the molecule is CCCCCCCCCCCCCCC[C@@H](O)[C@@H](C)C(=O)OC[C@H]1O[C@H](O[C@H]2O[C@H](CO)[C@@H](O)[C@H](O)[C@H]2O)[C@H](O)[C@@H](O)[C@@H]1O. The standard InChI is InChI=1S/C31H58O13/c1-3-4-5-6-7-8-9-10-11-12-13-14-15-16-20(33)19(2)29(40)41-18-22-24(35)26(37)28(39)31(43-22)44-30-27(38)25(36)23(34)21(17-32)42-30/h19-28,30-39H,3-18H2,1-2H3/t19-,20-,21-,22-,23-,24-,25+,26+,27-,28-,30-,31-/m1/s1. The molecule has 0 aliphatic carbocycles. The largest absolute Gasteiger partial charge is 0.463 e. The molecule has 0 amide bonds. The smallest absolute Gasteiger partial charge is 0.311 e. The molecule has 12 atom stereocenters. The third-order valence-electron chi connectivity index (χ3n) is 8.73. The van der Waals surface area contributed by atoms with Crippen LogP contribution in [-0.2, 0) is 23.7 Å². The molecule has 2 rings (SSSR count). The lowest BCUT2D eigenvalue weighted by atomic mass is 9.97. The molecule has 0 bridgehead atoms. The van der Waals surface area contributed by atoms with E-state index < -0.39 is 92.6 Å². The van der Waals surface area contributed by atoms with Crippen LogP contribution in [0.2, 0.25) is 0 Å². The van der Waals surface area contributed by atoms with Crippen molar-refractivity contribution in [3.8, 4) is 0 Å². The summed E-state index contributed by atoms with van der Waals surface area (Å²) in [5.41, 5.74) is 0. The predicted molar refractivity (Wildman–Crippen MR) is 158 cm³/mol. The fourth-order valence-corrected chi connectivity index (χ4v) is 5.55. The third-order valence-corrected chi connectivity index (χ3v) is 8.73. The van der Waals surface area contributed by atoms with Gasteiger partial charge in [0, 0.05) is 0 Å². The monoisotopic (exact) mass is 638 g/mol. The van der Waals surface area contributed by atoms with E-state index in [4.69, 9.17) is 18.9 Å². The summed E-state index contributed by atoms with van der Waals surface area (Å²) < 4.78 is 21.4. The Kier molecular flexibility index (Phi) is 18.7. The van der Waals surface area contributed by atoms with Crippen molar-refractivity contribution in [2.75, 3.05) is 13.2 Å². The lowest BCUT2D eigenvalue weighted by Crippen LogP contribution is -2.63. The summed E-state index contributed by atoms with van der Waals surface area (Å²) in [6.45, 7) is 2.53. The van der Waals surface area contributed by atoms with Crippen molar-refractivity contribution in [3.63, 3.8) is 0 Å². The Balaban J connectivity index is 1.68. The van der Waals surface area contributed by atoms with Gasteiger partial charge in [-0.25, -0.2) is 0 Å². The molecule has 0 unspecified atom stereocenters. The molecule has 0 spiro atoms. The number of aliphatic hydroxyl groups excluding tert-OH is 8. The molecule has 13 nitrogen and oxygen atoms in total. The Labute approximate surface area is 261 Å². The van der Waals surface area contributed by atoms with Gasteiger partial charge in [0.1, 0.15) is 55.4 Å². The van der Waals surface area contributed by atoms with Crippen LogP contribution in [0.3, 0.4) is 0 Å². The summed E-state index contributed by atoms with van der Waals surface area (Å²) in [4.78, 5) is 12.6. The highest BCUT2D eigenvalue weighted by Crippen LogP contribution is 2.28. The van der Waals surface area contributed by atoms with E-state index in [0.717, 1.165) is 25.7 Å². The topological polar surface area (TPSA) is 216 Å². The number of rotatable bonds is 21. The minimum Gasteiger partial charge on any atom is -0.463 e. The highest BCUT2D eigenvalue weighted by molar-refractivity contribution is 5.72. The summed E-state index contributed by atoms with van der Waals surface area (Å²) in [6.07, 6.45) is -1.21. The van der Waals surface area contributed by atoms with E-state index in [1.165, 1.54) is 64.7 Å². The molecular weight excluding hydrogens is 580 g/mol. The van der Waals surface area contributed by atoms with E-state index in [0.29, 0.717) is 6.42 Å². The molecule has 8 N–H and O–H groups in total. The van der Waals surface area contributed by atoms with Crippen LogP contribution in [0.4, 0.5) is 0 Å². The minimum absolute atomic E-state index is 0.441. The summed E-state index contributed by atoms with van der Waals surface area (Å²) in [5, 5.41) is 81.0. The van der Waals surface area contributed by atoms with Crippen LogP contribution >= 0.6 is 0 Å². The Bertz CT molecular complexity index is 771. The van der Waals surface area contributed by atoms with Crippen molar-refractivity contribution >= 4 is 5.97 Å². The zero-order valence-corrected chi connectivity index (χ0v) is 26.4. The van der Waals surface area contributed by atoms with E-state index in [1.54, 1.807) is 0 Å². The van der Waals surface area contributed by atoms with E-state index >= 15 is 0 Å². The maximum atomic E-state index is 12.6. The van der Waals surface area contributed by atoms with Gasteiger partial charge >= 0.3 is 5.97 Å². The van der Waals surface area contributed by atoms with Gasteiger partial charge in [-0.2, -0.15) is 0 Å². The van der Waals surface area contributed by atoms with Crippen molar-refractivity contribution in [1.82, 2.24) is 0 Å². The summed E-state index contributed by atoms with van der Waals surface area (Å²) >= 11 is 0. The number of hydrogen-bond acceptors (Lipinski definition) is 13. The molecule has 0 aromatic rings. The van der Waals surface area contributed by atoms with Crippen LogP contribution in [0.1, 0.15) is 104 Å². The fourth-order valence-electron chi connectivity index (χ4n) is 5.55. The van der Waals surface area contributed by atoms with Crippen molar-refractivity contribution in [2.24, 2.45) is 5.92 Å². The molecule has 2 aliphatic rings. The van der Waals surface area contributed by atoms with Crippen molar-refractivity contribution in [2.45, 2.75) is 171 Å². The first-order chi connectivity index (χ1) is 21.0. The van der Waals surface area contributed by atoms with Gasteiger partial charge in [0.25, 0.3) is 0 Å². The quantitative estimate of drug-likeness (QED) is 0.0640. The second-order valence-corrected chi connectivity index (χ2v) is 12.4. The molecule has 44 heavy (non-hydrogen) atoms. The number of hydrogen-bond donors (Lipinski definition) is 8. The molecule has 2 heterocycles. The van der Waals surface area contributed by atoms with Crippen LogP contribution in [0.5, 0.6) is 0 Å². The van der Waals surface area contributed by atoms with Crippen LogP contribution in [-0.4, -0.2) is 128 Å². The first kappa shape index (κ1) is 39.2. The molecule has 0 aromatic heterocycles. The van der Waals surface area contributed by atoms with Crippen molar-refractivity contribution < 1.29 is 64.6 Å². The normalized spacial score (nSPS) is 34.0. The fraction of sp³-hybridized carbons (Fsp3) is 0.968. The summed E-state index contributed by atoms with van der Waals surface area (Å²) in [6, 6.07) is 0. The molecule has 0 saturated carbocycles. The zero-order chi connectivity index (χ0) is 32.6. The second-order valence-electron chi connectivity index (χ2n) is 12.4. The Morgan fingerprint density at radius 2 is 1.09 bits per heavy atom. The molecule has 2 fully saturated rings. The molecule has 0 aromatic carbocycles. The van der Waals surface area contributed by atoms with Gasteiger partial charge in [-0.1, -0.05) is 90.4 Å². The molecule has 2 saturated heterocycles. The molecule has 2 aliphatic heterocycles. The van der Waals surface area contributed by atoms with Crippen molar-refractivity contribution in [3.05, 3.63) is 0 Å². The highest BCUT2D eigenvalue weighted by Gasteiger charge is 2.50. The molecular formula is C31H58O13. The maximum Gasteiger partial charge on any atom is 0.311 e. The predicted octanol–water partition coefficient (Wildman–Crippen LogP) is 0.632. The van der Waals surface area contributed by atoms with Crippen LogP contribution < -0.4 is 0 Å². The first-order valence-electron chi connectivity index (χ1n) is 16.5. The van der Waals surface area contributed by atoms with Gasteiger partial charge in [0.05, 0.1) is 18.6 Å². The first-order valence-corrected chi connectivity index (χ1v) is 16.5. The number of carbonyl (C=O) groups is 1. The van der Waals surface area contributed by atoms with Gasteiger partial charge in [-0.05, 0) is 13.3 Å². The number of aliphatic hydroxyl groups is 8. The summed E-state index contributed by atoms with van der Waals surface area (Å²) in [5.74, 6) is -1.57. The highest BCUT2D eigenvalue weighted by atomic mass is 16.8. The van der Waals surface area contributed by atoms with Gasteiger partial charge in [-0.15, -0.1) is 0 Å². The van der Waals surface area contributed by atoms with E-state index in [1.807, 2.05) is 0 Å². The van der Waals surface area contributed by atoms with E-state index in [9.17, 15) is 45.6 Å². The third kappa shape index (κ3) is 12.3. The number of unbranched alkanes of at least 4 members (excludes halogenated alkanes) is 12. The van der Waals surface area contributed by atoms with Crippen LogP contribution in [0.15, 0.2) is 0 Å². The average molecular weight is 639 g/mol. The second kappa shape index (κ2) is 21.0. The maximum absolute atomic E-state index is 12.6. The Hall–Kier alpha value is -0.970. The van der Waals surface area contributed by atoms with Gasteiger partial charge in [0.2, 0.25) is 0 Å². The van der Waals surface area contributed by atoms with Crippen LogP contribution in [0.25, 0.3) is 0 Å². The van der Waals surface area contributed by atoms with Crippen LogP contribution in [0, 0.1) is 5.92 Å². The lowest BCUT2D eigenvalue weighted by Gasteiger charge is -2.44. The van der Waals surface area contributed by atoms with Gasteiger partial charge in [-0.3, -0.25) is 4.79 Å². The number of esters is 1. The van der Waals surface area contributed by atoms with Crippen molar-refractivity contribution in [1.29, 1.82) is 0 Å². The molecule has 260 valence electrons. The lowest BCUT2D eigenvalue weighted by molar-refractivity contribution is -0.376. The zero-order valence-electron chi connectivity index (χ0n) is 26.4. The summed E-state index contributed by atoms with van der Waals surface area (Å²) in [7, 11) is 0. The van der Waals surface area contributed by atoms with Gasteiger partial charge in [0.15, 0.2) is 12.6 Å². The van der Waals surface area contributed by atoms with E-state index in [2.05, 4.69) is 6.92 Å². The number of carbonyl (C=O) groups excluding carboxylic acids is 1. The van der Waals surface area contributed by atoms with E-state index in [-0.39, 0.29) is 0 Å². The Morgan fingerprint density at radius 3 is 1.57 bits per heavy atom.